The molecular weight excluding hydrogens is 366 g/mol. The molecule has 0 aromatic carbocycles. The lowest BCUT2D eigenvalue weighted by Crippen LogP contribution is -2.26. The number of carbonyl (C=O) groups is 1. The van der Waals surface area contributed by atoms with Crippen molar-refractivity contribution in [1.29, 1.82) is 0 Å². The second-order valence-electron chi connectivity index (χ2n) is 6.09. The van der Waals surface area contributed by atoms with Crippen LogP contribution in [0.3, 0.4) is 0 Å². The Kier molecular flexibility index (Phi) is 6.86. The molecule has 0 aliphatic heterocycles. The molecule has 0 aliphatic carbocycles. The van der Waals surface area contributed by atoms with Crippen LogP contribution in [0.2, 0.25) is 0 Å². The number of carbonyl (C=O) groups excluding carboxylic acids is 1. The molecule has 2 aromatic rings. The standard InChI is InChI=1S/C18H25N5O3S/c1-5-6-8-22-27(25,26)17-12(2)15(11-21-18(17)19-4)14-7-9-20-16(10-14)23-13(3)24/h7,9-11,22H,5-6,8H2,1-4H3,(H,19,21)(H,20,23,24). The van der Waals surface area contributed by atoms with Crippen LogP contribution in [0.4, 0.5) is 11.6 Å². The maximum Gasteiger partial charge on any atom is 0.244 e. The van der Waals surface area contributed by atoms with E-state index in [-0.39, 0.29) is 16.6 Å². The first-order valence-electron chi connectivity index (χ1n) is 8.71. The molecular formula is C18H25N5O3S. The van der Waals surface area contributed by atoms with Gasteiger partial charge in [-0.15, -0.1) is 0 Å². The molecule has 0 spiro atoms. The summed E-state index contributed by atoms with van der Waals surface area (Å²) in [6.07, 6.45) is 4.81. The number of nitrogens with zero attached hydrogens (tertiary/aromatic N) is 2. The summed E-state index contributed by atoms with van der Waals surface area (Å²) >= 11 is 0. The summed E-state index contributed by atoms with van der Waals surface area (Å²) in [5.74, 6) is 0.447. The number of unbranched alkanes of at least 4 members (excludes halogenated alkanes) is 1. The van der Waals surface area contributed by atoms with Gasteiger partial charge in [-0.3, -0.25) is 4.79 Å². The number of sulfonamides is 1. The quantitative estimate of drug-likeness (QED) is 0.596. The van der Waals surface area contributed by atoms with Gasteiger partial charge in [0.25, 0.3) is 0 Å². The number of amides is 1. The normalized spacial score (nSPS) is 11.3. The van der Waals surface area contributed by atoms with Gasteiger partial charge >= 0.3 is 0 Å². The van der Waals surface area contributed by atoms with Crippen molar-refractivity contribution < 1.29 is 13.2 Å². The highest BCUT2D eigenvalue weighted by molar-refractivity contribution is 7.89. The summed E-state index contributed by atoms with van der Waals surface area (Å²) in [7, 11) is -2.09. The third-order valence-electron chi connectivity index (χ3n) is 3.99. The van der Waals surface area contributed by atoms with E-state index in [2.05, 4.69) is 25.3 Å². The lowest BCUT2D eigenvalue weighted by Gasteiger charge is -2.16. The Balaban J connectivity index is 2.53. The van der Waals surface area contributed by atoms with Crippen molar-refractivity contribution in [2.45, 2.75) is 38.5 Å². The molecule has 0 atom stereocenters. The Morgan fingerprint density at radius 3 is 2.63 bits per heavy atom. The molecule has 1 amide bonds. The van der Waals surface area contributed by atoms with Crippen LogP contribution in [0.15, 0.2) is 29.4 Å². The number of pyridine rings is 2. The summed E-state index contributed by atoms with van der Waals surface area (Å²) < 4.78 is 28.3. The van der Waals surface area contributed by atoms with E-state index in [0.29, 0.717) is 29.1 Å². The van der Waals surface area contributed by atoms with Gasteiger partial charge in [-0.05, 0) is 36.6 Å². The maximum atomic E-state index is 12.8. The Morgan fingerprint density at radius 2 is 2.00 bits per heavy atom. The van der Waals surface area contributed by atoms with E-state index in [1.807, 2.05) is 6.92 Å². The van der Waals surface area contributed by atoms with Crippen LogP contribution in [0.1, 0.15) is 32.3 Å². The molecule has 8 nitrogen and oxygen atoms in total. The SMILES string of the molecule is CCCCNS(=O)(=O)c1c(NC)ncc(-c2ccnc(NC(C)=O)c2)c1C. The second-order valence-corrected chi connectivity index (χ2v) is 7.79. The second kappa shape index (κ2) is 8.92. The lowest BCUT2D eigenvalue weighted by molar-refractivity contribution is -0.114. The van der Waals surface area contributed by atoms with Crippen molar-refractivity contribution >= 4 is 27.6 Å². The number of hydrogen-bond acceptors (Lipinski definition) is 6. The molecule has 2 rings (SSSR count). The fraction of sp³-hybridized carbons (Fsp3) is 0.389. The summed E-state index contributed by atoms with van der Waals surface area (Å²) in [5.41, 5.74) is 1.93. The van der Waals surface area contributed by atoms with Crippen molar-refractivity contribution in [2.75, 3.05) is 24.2 Å². The Hall–Kier alpha value is -2.52. The summed E-state index contributed by atoms with van der Waals surface area (Å²) in [5, 5.41) is 5.47. The number of rotatable bonds is 8. The van der Waals surface area contributed by atoms with Crippen LogP contribution in [-0.2, 0) is 14.8 Å². The first kappa shape index (κ1) is 20.8. The summed E-state index contributed by atoms with van der Waals surface area (Å²) in [6.45, 7) is 5.50. The highest BCUT2D eigenvalue weighted by Crippen LogP contribution is 2.32. The highest BCUT2D eigenvalue weighted by Gasteiger charge is 2.24. The Morgan fingerprint density at radius 1 is 1.26 bits per heavy atom. The first-order valence-corrected chi connectivity index (χ1v) is 10.2. The largest absolute Gasteiger partial charge is 0.372 e. The molecule has 2 heterocycles. The van der Waals surface area contributed by atoms with Gasteiger partial charge in [0.05, 0.1) is 0 Å². The zero-order chi connectivity index (χ0) is 20.0. The lowest BCUT2D eigenvalue weighted by atomic mass is 10.0. The molecule has 2 aromatic heterocycles. The number of nitrogens with one attached hydrogen (secondary N) is 3. The van der Waals surface area contributed by atoms with Crippen molar-refractivity contribution in [1.82, 2.24) is 14.7 Å². The van der Waals surface area contributed by atoms with Crippen molar-refractivity contribution in [3.8, 4) is 11.1 Å². The summed E-state index contributed by atoms with van der Waals surface area (Å²) in [4.78, 5) is 19.8. The third kappa shape index (κ3) is 5.01. The predicted octanol–water partition coefficient (Wildman–Crippen LogP) is 2.53. The van der Waals surface area contributed by atoms with E-state index in [1.54, 1.807) is 38.5 Å². The molecule has 0 radical (unpaired) electrons. The van der Waals surface area contributed by atoms with Crippen LogP contribution in [0.5, 0.6) is 0 Å². The molecule has 0 saturated carbocycles. The maximum absolute atomic E-state index is 12.8. The minimum Gasteiger partial charge on any atom is -0.372 e. The van der Waals surface area contributed by atoms with Gasteiger partial charge < -0.3 is 10.6 Å². The van der Waals surface area contributed by atoms with Gasteiger partial charge in [0.1, 0.15) is 16.5 Å². The van der Waals surface area contributed by atoms with Gasteiger partial charge in [-0.1, -0.05) is 13.3 Å². The van der Waals surface area contributed by atoms with Gasteiger partial charge in [-0.25, -0.2) is 23.1 Å². The van der Waals surface area contributed by atoms with Crippen LogP contribution >= 0.6 is 0 Å². The predicted molar refractivity (Wildman–Crippen MR) is 106 cm³/mol. The van der Waals surface area contributed by atoms with E-state index in [0.717, 1.165) is 12.8 Å². The smallest absolute Gasteiger partial charge is 0.244 e. The molecule has 3 N–H and O–H groups in total. The Labute approximate surface area is 159 Å². The number of anilines is 2. The van der Waals surface area contributed by atoms with Gasteiger partial charge in [0.2, 0.25) is 15.9 Å². The van der Waals surface area contributed by atoms with Crippen molar-refractivity contribution in [3.05, 3.63) is 30.1 Å². The van der Waals surface area contributed by atoms with Crippen LogP contribution in [0, 0.1) is 6.92 Å². The zero-order valence-corrected chi connectivity index (χ0v) is 16.8. The van der Waals surface area contributed by atoms with Crippen LogP contribution < -0.4 is 15.4 Å². The fourth-order valence-corrected chi connectivity index (χ4v) is 4.16. The zero-order valence-electron chi connectivity index (χ0n) is 16.0. The van der Waals surface area contributed by atoms with E-state index < -0.39 is 10.0 Å². The molecule has 27 heavy (non-hydrogen) atoms. The van der Waals surface area contributed by atoms with E-state index in [4.69, 9.17) is 0 Å². The summed E-state index contributed by atoms with van der Waals surface area (Å²) in [6, 6.07) is 3.43. The highest BCUT2D eigenvalue weighted by atomic mass is 32.2. The monoisotopic (exact) mass is 391 g/mol. The molecule has 9 heteroatoms. The topological polar surface area (TPSA) is 113 Å². The Bertz CT molecular complexity index is 929. The van der Waals surface area contributed by atoms with E-state index in [1.165, 1.54) is 6.92 Å². The molecule has 0 unspecified atom stereocenters. The third-order valence-corrected chi connectivity index (χ3v) is 5.61. The van der Waals surface area contributed by atoms with Crippen LogP contribution in [-0.4, -0.2) is 37.9 Å². The van der Waals surface area contributed by atoms with Gasteiger partial charge in [0, 0.05) is 38.5 Å². The fourth-order valence-electron chi connectivity index (χ4n) is 2.68. The molecule has 0 fully saturated rings. The minimum absolute atomic E-state index is 0.122. The molecule has 0 aliphatic rings. The number of aromatic nitrogens is 2. The van der Waals surface area contributed by atoms with E-state index in [9.17, 15) is 13.2 Å². The molecule has 0 bridgehead atoms. The van der Waals surface area contributed by atoms with Crippen molar-refractivity contribution in [3.63, 3.8) is 0 Å². The van der Waals surface area contributed by atoms with Crippen molar-refractivity contribution in [2.24, 2.45) is 0 Å². The average Bonchev–Trinajstić information content (AvgIpc) is 2.60. The molecule has 146 valence electrons. The van der Waals surface area contributed by atoms with E-state index >= 15 is 0 Å². The van der Waals surface area contributed by atoms with Gasteiger partial charge in [-0.2, -0.15) is 0 Å². The van der Waals surface area contributed by atoms with Crippen LogP contribution in [0.25, 0.3) is 11.1 Å². The first-order chi connectivity index (χ1) is 12.8. The molecule has 0 saturated heterocycles. The average molecular weight is 391 g/mol. The minimum atomic E-state index is -3.73. The van der Waals surface area contributed by atoms with Gasteiger partial charge in [0.15, 0.2) is 0 Å². The number of hydrogen-bond donors (Lipinski definition) is 3.